The van der Waals surface area contributed by atoms with Gasteiger partial charge in [0.2, 0.25) is 0 Å². The molecule has 3 rings (SSSR count). The molecule has 10 nitrogen and oxygen atoms in total. The van der Waals surface area contributed by atoms with Crippen molar-refractivity contribution in [1.29, 1.82) is 0 Å². The summed E-state index contributed by atoms with van der Waals surface area (Å²) in [5.74, 6) is -0.904. The van der Waals surface area contributed by atoms with Gasteiger partial charge in [-0.25, -0.2) is 9.18 Å². The first-order valence-electron chi connectivity index (χ1n) is 10.1. The van der Waals surface area contributed by atoms with E-state index in [1.54, 1.807) is 22.8 Å². The second-order valence-electron chi connectivity index (χ2n) is 6.90. The summed E-state index contributed by atoms with van der Waals surface area (Å²) in [5, 5.41) is 8.52. The first-order chi connectivity index (χ1) is 15.9. The van der Waals surface area contributed by atoms with Gasteiger partial charge < -0.3 is 10.5 Å². The second-order valence-corrected chi connectivity index (χ2v) is 7.84. The minimum Gasteiger partial charge on any atom is -0.483 e. The SMILES string of the molecule is C=CCn1c(COc2ccccc2F)nnc1SCC(=O)c1c(N)n(CCC)c(=O)[nH]c1=O. The van der Waals surface area contributed by atoms with Crippen LogP contribution >= 0.6 is 11.8 Å². The molecular formula is C21H23FN6O4S. The molecule has 0 saturated carbocycles. The van der Waals surface area contributed by atoms with Crippen LogP contribution in [0.2, 0.25) is 0 Å². The number of aromatic nitrogens is 5. The Morgan fingerprint density at radius 2 is 2.06 bits per heavy atom. The molecule has 0 amide bonds. The van der Waals surface area contributed by atoms with E-state index in [-0.39, 0.29) is 36.0 Å². The minimum absolute atomic E-state index is 0.0507. The summed E-state index contributed by atoms with van der Waals surface area (Å²) in [5.41, 5.74) is 4.19. The number of Topliss-reactive ketones (excluding diaryl/α,β-unsaturated/α-hetero) is 1. The van der Waals surface area contributed by atoms with Gasteiger partial charge in [-0.1, -0.05) is 36.9 Å². The van der Waals surface area contributed by atoms with E-state index in [4.69, 9.17) is 10.5 Å². The molecule has 3 N–H and O–H groups in total. The predicted molar refractivity (Wildman–Crippen MR) is 122 cm³/mol. The van der Waals surface area contributed by atoms with Crippen LogP contribution in [0.3, 0.4) is 0 Å². The number of aromatic amines is 1. The number of allylic oxidation sites excluding steroid dienone is 1. The van der Waals surface area contributed by atoms with E-state index in [0.29, 0.717) is 23.9 Å². The number of ketones is 1. The lowest BCUT2D eigenvalue weighted by molar-refractivity contribution is 0.102. The number of carbonyl (C=O) groups excluding carboxylic acids is 1. The molecule has 2 heterocycles. The first kappa shape index (κ1) is 24.0. The molecule has 0 fully saturated rings. The van der Waals surface area contributed by atoms with Crippen LogP contribution < -0.4 is 21.7 Å². The number of carbonyl (C=O) groups is 1. The van der Waals surface area contributed by atoms with Crippen molar-refractivity contribution in [3.05, 3.63) is 75.0 Å². The second kappa shape index (κ2) is 10.8. The van der Waals surface area contributed by atoms with Gasteiger partial charge in [0.1, 0.15) is 18.0 Å². The van der Waals surface area contributed by atoms with Gasteiger partial charge in [0.15, 0.2) is 28.3 Å². The molecule has 0 radical (unpaired) electrons. The van der Waals surface area contributed by atoms with E-state index in [0.717, 1.165) is 16.3 Å². The highest BCUT2D eigenvalue weighted by atomic mass is 32.2. The van der Waals surface area contributed by atoms with Crippen LogP contribution in [0.25, 0.3) is 0 Å². The smallest absolute Gasteiger partial charge is 0.329 e. The van der Waals surface area contributed by atoms with Crippen molar-refractivity contribution in [2.24, 2.45) is 0 Å². The topological polar surface area (TPSA) is 138 Å². The Balaban J connectivity index is 1.78. The van der Waals surface area contributed by atoms with Crippen LogP contribution in [-0.2, 0) is 19.7 Å². The number of rotatable bonds is 11. The molecule has 2 aromatic heterocycles. The molecule has 0 bridgehead atoms. The summed E-state index contributed by atoms with van der Waals surface area (Å²) in [6, 6.07) is 5.99. The predicted octanol–water partition coefficient (Wildman–Crippen LogP) is 2.00. The fraction of sp³-hybridized carbons (Fsp3) is 0.286. The number of anilines is 1. The lowest BCUT2D eigenvalue weighted by atomic mass is 10.2. The molecule has 3 aromatic rings. The Morgan fingerprint density at radius 1 is 1.30 bits per heavy atom. The molecule has 0 saturated heterocycles. The highest BCUT2D eigenvalue weighted by Crippen LogP contribution is 2.21. The van der Waals surface area contributed by atoms with Crippen LogP contribution in [0.5, 0.6) is 5.75 Å². The number of nitrogens with zero attached hydrogens (tertiary/aromatic N) is 4. The normalized spacial score (nSPS) is 10.8. The number of halogens is 1. The summed E-state index contributed by atoms with van der Waals surface area (Å²) in [4.78, 5) is 39.1. The lowest BCUT2D eigenvalue weighted by Crippen LogP contribution is -2.36. The van der Waals surface area contributed by atoms with Crippen LogP contribution in [0.15, 0.2) is 51.7 Å². The zero-order chi connectivity index (χ0) is 24.0. The van der Waals surface area contributed by atoms with E-state index in [9.17, 15) is 18.8 Å². The quantitative estimate of drug-likeness (QED) is 0.244. The molecule has 12 heteroatoms. The third-order valence-corrected chi connectivity index (χ3v) is 5.56. The highest BCUT2D eigenvalue weighted by molar-refractivity contribution is 7.99. The average Bonchev–Trinajstić information content (AvgIpc) is 3.16. The number of nitrogens with two attached hydrogens (primary N) is 1. The number of thioether (sulfide) groups is 1. The lowest BCUT2D eigenvalue weighted by Gasteiger charge is -2.11. The number of ether oxygens (including phenoxy) is 1. The fourth-order valence-electron chi connectivity index (χ4n) is 3.05. The highest BCUT2D eigenvalue weighted by Gasteiger charge is 2.21. The number of hydrogen-bond donors (Lipinski definition) is 2. The van der Waals surface area contributed by atoms with Gasteiger partial charge in [0, 0.05) is 13.1 Å². The van der Waals surface area contributed by atoms with Gasteiger partial charge in [-0.05, 0) is 18.6 Å². The number of benzene rings is 1. The van der Waals surface area contributed by atoms with Gasteiger partial charge in [0.05, 0.1) is 5.75 Å². The Labute approximate surface area is 192 Å². The van der Waals surface area contributed by atoms with E-state index >= 15 is 0 Å². The van der Waals surface area contributed by atoms with Gasteiger partial charge >= 0.3 is 5.69 Å². The molecule has 0 unspecified atom stereocenters. The minimum atomic E-state index is -0.831. The fourth-order valence-corrected chi connectivity index (χ4v) is 3.89. The monoisotopic (exact) mass is 474 g/mol. The van der Waals surface area contributed by atoms with Crippen LogP contribution in [-0.4, -0.2) is 35.9 Å². The van der Waals surface area contributed by atoms with Crippen LogP contribution in [0.1, 0.15) is 29.5 Å². The molecule has 1 aromatic carbocycles. The third-order valence-electron chi connectivity index (χ3n) is 4.60. The summed E-state index contributed by atoms with van der Waals surface area (Å²) < 4.78 is 22.1. The number of nitrogens with one attached hydrogen (secondary N) is 1. The van der Waals surface area contributed by atoms with Crippen LogP contribution in [0.4, 0.5) is 10.2 Å². The van der Waals surface area contributed by atoms with Crippen molar-refractivity contribution in [1.82, 2.24) is 24.3 Å². The summed E-state index contributed by atoms with van der Waals surface area (Å²) >= 11 is 1.04. The van der Waals surface area contributed by atoms with Gasteiger partial charge in [-0.15, -0.1) is 16.8 Å². The largest absolute Gasteiger partial charge is 0.483 e. The summed E-state index contributed by atoms with van der Waals surface area (Å²) in [6.07, 6.45) is 2.21. The van der Waals surface area contributed by atoms with E-state index < -0.39 is 22.8 Å². The van der Waals surface area contributed by atoms with Gasteiger partial charge in [0.25, 0.3) is 5.56 Å². The molecule has 0 aliphatic heterocycles. The number of nitrogen functional groups attached to an aromatic ring is 1. The third kappa shape index (κ3) is 5.40. The number of hydrogen-bond acceptors (Lipinski definition) is 8. The van der Waals surface area contributed by atoms with Crippen molar-refractivity contribution in [3.63, 3.8) is 0 Å². The molecule has 0 atom stereocenters. The van der Waals surface area contributed by atoms with Gasteiger partial charge in [-0.3, -0.25) is 23.7 Å². The number of para-hydroxylation sites is 1. The standard InChI is InChI=1S/C21H23FN6O4S/c1-3-9-27-16(11-32-15-8-6-5-7-13(15)22)25-26-21(27)33-12-14(29)17-18(23)28(10-4-2)20(31)24-19(17)30/h3,5-8H,1,4,9-12,23H2,2H3,(H,24,30,31). The Hall–Kier alpha value is -3.67. The Morgan fingerprint density at radius 3 is 2.76 bits per heavy atom. The molecular weight excluding hydrogens is 451 g/mol. The molecule has 33 heavy (non-hydrogen) atoms. The van der Waals surface area contributed by atoms with Crippen LogP contribution in [0, 0.1) is 5.82 Å². The van der Waals surface area contributed by atoms with Crippen molar-refractivity contribution in [2.75, 3.05) is 11.5 Å². The summed E-state index contributed by atoms with van der Waals surface area (Å²) in [6.45, 7) is 6.09. The van der Waals surface area contributed by atoms with Gasteiger partial charge in [-0.2, -0.15) is 0 Å². The summed E-state index contributed by atoms with van der Waals surface area (Å²) in [7, 11) is 0. The Kier molecular flexibility index (Phi) is 7.83. The van der Waals surface area contributed by atoms with Crippen molar-refractivity contribution >= 4 is 23.4 Å². The average molecular weight is 475 g/mol. The molecule has 0 aliphatic rings. The van der Waals surface area contributed by atoms with Crippen molar-refractivity contribution in [3.8, 4) is 5.75 Å². The Bertz CT molecular complexity index is 1280. The molecule has 174 valence electrons. The maximum Gasteiger partial charge on any atom is 0.329 e. The van der Waals surface area contributed by atoms with E-state index in [1.807, 2.05) is 6.92 Å². The van der Waals surface area contributed by atoms with Crippen molar-refractivity contribution in [2.45, 2.75) is 38.2 Å². The zero-order valence-electron chi connectivity index (χ0n) is 17.9. The molecule has 0 spiro atoms. The zero-order valence-corrected chi connectivity index (χ0v) is 18.7. The van der Waals surface area contributed by atoms with Crippen molar-refractivity contribution < 1.29 is 13.9 Å². The van der Waals surface area contributed by atoms with E-state index in [2.05, 4.69) is 21.8 Å². The first-order valence-corrected chi connectivity index (χ1v) is 11.0. The molecule has 0 aliphatic carbocycles. The van der Waals surface area contributed by atoms with E-state index in [1.165, 1.54) is 12.1 Å². The maximum atomic E-state index is 13.8. The maximum absolute atomic E-state index is 13.8. The number of H-pyrrole nitrogens is 1.